The molecule has 0 bridgehead atoms. The first-order valence-electron chi connectivity index (χ1n) is 12.1. The maximum Gasteiger partial charge on any atom is 0.348 e. The summed E-state index contributed by atoms with van der Waals surface area (Å²) in [7, 11) is 1.64. The highest BCUT2D eigenvalue weighted by atomic mass is 32.2. The normalized spacial score (nSPS) is 15.8. The minimum absolute atomic E-state index is 0.0400. The molecule has 2 aromatic rings. The monoisotopic (exact) mass is 486 g/mol. The first kappa shape index (κ1) is 24.8. The molecule has 1 aliphatic carbocycles. The largest absolute Gasteiger partial charge is 0.497 e. The Bertz CT molecular complexity index is 1020. The number of morpholine rings is 1. The second-order valence-electron chi connectivity index (χ2n) is 8.67. The first-order chi connectivity index (χ1) is 16.6. The molecule has 1 aromatic heterocycles. The van der Waals surface area contributed by atoms with Gasteiger partial charge >= 0.3 is 5.69 Å². The van der Waals surface area contributed by atoms with E-state index in [-0.39, 0.29) is 17.3 Å². The Balaban J connectivity index is 1.27. The number of rotatable bonds is 11. The van der Waals surface area contributed by atoms with Crippen molar-refractivity contribution in [3.63, 3.8) is 0 Å². The van der Waals surface area contributed by atoms with Crippen molar-refractivity contribution in [2.45, 2.75) is 43.7 Å². The molecular weight excluding hydrogens is 452 g/mol. The molecule has 2 aliphatic rings. The van der Waals surface area contributed by atoms with Crippen LogP contribution in [0.25, 0.3) is 0 Å². The molecule has 0 radical (unpaired) electrons. The number of thioether (sulfide) groups is 1. The zero-order valence-electron chi connectivity index (χ0n) is 19.9. The Labute approximate surface area is 205 Å². The number of carbonyl (C=O) groups excluding carboxylic acids is 1. The molecule has 8 nitrogen and oxygen atoms in total. The molecule has 0 atom stereocenters. The van der Waals surface area contributed by atoms with Crippen LogP contribution in [0.2, 0.25) is 0 Å². The van der Waals surface area contributed by atoms with Crippen molar-refractivity contribution in [3.8, 4) is 5.75 Å². The minimum atomic E-state index is -0.190. The fraction of sp³-hybridized carbons (Fsp3) is 0.560. The lowest BCUT2D eigenvalue weighted by atomic mass is 10.1. The number of nitrogens with one attached hydrogen (secondary N) is 1. The maximum absolute atomic E-state index is 12.8. The van der Waals surface area contributed by atoms with Gasteiger partial charge in [-0.05, 0) is 49.8 Å². The van der Waals surface area contributed by atoms with Gasteiger partial charge in [-0.1, -0.05) is 23.9 Å². The van der Waals surface area contributed by atoms with E-state index in [0.717, 1.165) is 92.5 Å². The second kappa shape index (κ2) is 12.4. The summed E-state index contributed by atoms with van der Waals surface area (Å²) in [4.78, 5) is 31.9. The van der Waals surface area contributed by atoms with Gasteiger partial charge in [0.2, 0.25) is 5.91 Å². The molecule has 1 N–H and O–H groups in total. The van der Waals surface area contributed by atoms with Crippen molar-refractivity contribution >= 4 is 17.7 Å². The Hall–Kier alpha value is -2.36. The van der Waals surface area contributed by atoms with Crippen LogP contribution in [0.4, 0.5) is 0 Å². The molecule has 9 heteroatoms. The fourth-order valence-electron chi connectivity index (χ4n) is 4.54. The highest BCUT2D eigenvalue weighted by Gasteiger charge is 2.22. The van der Waals surface area contributed by atoms with Gasteiger partial charge in [0.05, 0.1) is 26.1 Å². The highest BCUT2D eigenvalue weighted by Crippen LogP contribution is 2.29. The molecule has 1 amide bonds. The van der Waals surface area contributed by atoms with E-state index in [2.05, 4.69) is 15.2 Å². The average molecular weight is 487 g/mol. The number of nitrogens with zero attached hydrogens (tertiary/aromatic N) is 3. The van der Waals surface area contributed by atoms with Crippen LogP contribution in [0, 0.1) is 0 Å². The fourth-order valence-corrected chi connectivity index (χ4v) is 5.44. The van der Waals surface area contributed by atoms with Crippen LogP contribution < -0.4 is 15.7 Å². The molecule has 0 saturated carbocycles. The molecule has 1 fully saturated rings. The predicted molar refractivity (Wildman–Crippen MR) is 133 cm³/mol. The summed E-state index contributed by atoms with van der Waals surface area (Å²) in [5.74, 6) is 1.05. The molecule has 34 heavy (non-hydrogen) atoms. The molecule has 1 saturated heterocycles. The summed E-state index contributed by atoms with van der Waals surface area (Å²) < 4.78 is 12.4. The van der Waals surface area contributed by atoms with E-state index >= 15 is 0 Å². The number of hydrogen-bond donors (Lipinski definition) is 1. The Kier molecular flexibility index (Phi) is 9.01. The van der Waals surface area contributed by atoms with Crippen molar-refractivity contribution in [2.24, 2.45) is 0 Å². The zero-order chi connectivity index (χ0) is 23.8. The summed E-state index contributed by atoms with van der Waals surface area (Å²) in [5, 5.41) is 3.70. The van der Waals surface area contributed by atoms with Crippen LogP contribution >= 0.6 is 11.8 Å². The van der Waals surface area contributed by atoms with Crippen LogP contribution in [0.5, 0.6) is 5.75 Å². The number of carbonyl (C=O) groups is 1. The lowest BCUT2D eigenvalue weighted by molar-refractivity contribution is -0.118. The van der Waals surface area contributed by atoms with Crippen molar-refractivity contribution in [1.82, 2.24) is 19.8 Å². The van der Waals surface area contributed by atoms with Gasteiger partial charge in [0.15, 0.2) is 0 Å². The van der Waals surface area contributed by atoms with Crippen molar-refractivity contribution in [1.29, 1.82) is 0 Å². The summed E-state index contributed by atoms with van der Waals surface area (Å²) >= 11 is 1.38. The van der Waals surface area contributed by atoms with Crippen molar-refractivity contribution in [2.75, 3.05) is 52.3 Å². The van der Waals surface area contributed by atoms with Crippen LogP contribution in [0.3, 0.4) is 0 Å². The Morgan fingerprint density at radius 1 is 1.18 bits per heavy atom. The number of benzene rings is 1. The van der Waals surface area contributed by atoms with Crippen molar-refractivity contribution < 1.29 is 14.3 Å². The van der Waals surface area contributed by atoms with Gasteiger partial charge in [-0.2, -0.15) is 4.98 Å². The van der Waals surface area contributed by atoms with Gasteiger partial charge in [-0.15, -0.1) is 0 Å². The summed E-state index contributed by atoms with van der Waals surface area (Å²) in [6, 6.07) is 7.85. The van der Waals surface area contributed by atoms with Crippen LogP contribution in [-0.4, -0.2) is 72.6 Å². The lowest BCUT2D eigenvalue weighted by Crippen LogP contribution is -2.37. The van der Waals surface area contributed by atoms with E-state index < -0.39 is 0 Å². The van der Waals surface area contributed by atoms with E-state index in [0.29, 0.717) is 13.1 Å². The quantitative estimate of drug-likeness (QED) is 0.384. The van der Waals surface area contributed by atoms with Crippen LogP contribution in [0.1, 0.15) is 29.7 Å². The van der Waals surface area contributed by atoms with Gasteiger partial charge in [0.25, 0.3) is 0 Å². The number of aromatic nitrogens is 2. The van der Waals surface area contributed by atoms with Gasteiger partial charge in [0.1, 0.15) is 10.8 Å². The third-order valence-corrected chi connectivity index (χ3v) is 7.41. The van der Waals surface area contributed by atoms with Crippen LogP contribution in [-0.2, 0) is 35.3 Å². The summed E-state index contributed by atoms with van der Waals surface area (Å²) in [5.41, 5.74) is 3.22. The van der Waals surface area contributed by atoms with Crippen LogP contribution in [0.15, 0.2) is 34.1 Å². The van der Waals surface area contributed by atoms with Gasteiger partial charge in [0, 0.05) is 44.0 Å². The van der Waals surface area contributed by atoms with E-state index in [1.807, 2.05) is 28.8 Å². The summed E-state index contributed by atoms with van der Waals surface area (Å²) in [6.07, 6.45) is 4.55. The SMILES string of the molecule is COc1ccc(CCNC(=O)CSc2nc(=O)n(CCCN3CCOCC3)c3c2CCC3)cc1. The van der Waals surface area contributed by atoms with E-state index in [1.165, 1.54) is 11.8 Å². The third kappa shape index (κ3) is 6.61. The zero-order valence-corrected chi connectivity index (χ0v) is 20.7. The van der Waals surface area contributed by atoms with Gasteiger partial charge in [-0.3, -0.25) is 14.3 Å². The smallest absolute Gasteiger partial charge is 0.348 e. The number of hydrogen-bond acceptors (Lipinski definition) is 7. The second-order valence-corrected chi connectivity index (χ2v) is 9.64. The Morgan fingerprint density at radius 2 is 1.97 bits per heavy atom. The average Bonchev–Trinajstić information content (AvgIpc) is 3.35. The highest BCUT2D eigenvalue weighted by molar-refractivity contribution is 7.99. The summed E-state index contributed by atoms with van der Waals surface area (Å²) in [6.45, 7) is 5.74. The third-order valence-electron chi connectivity index (χ3n) is 6.40. The molecule has 1 aliphatic heterocycles. The number of amides is 1. The number of methoxy groups -OCH3 is 1. The Morgan fingerprint density at radius 3 is 2.74 bits per heavy atom. The minimum Gasteiger partial charge on any atom is -0.497 e. The maximum atomic E-state index is 12.8. The lowest BCUT2D eigenvalue weighted by Gasteiger charge is -2.26. The first-order valence-corrected chi connectivity index (χ1v) is 13.1. The standard InChI is InChI=1S/C25H34N4O4S/c1-32-20-8-6-19(7-9-20)10-11-26-23(30)18-34-24-21-4-2-5-22(21)29(25(31)27-24)13-3-12-28-14-16-33-17-15-28/h6-9H,2-5,10-18H2,1H3,(H,26,30). The molecule has 1 aromatic carbocycles. The molecule has 0 unspecified atom stereocenters. The molecule has 4 rings (SSSR count). The van der Waals surface area contributed by atoms with Crippen molar-refractivity contribution in [3.05, 3.63) is 51.6 Å². The number of fused-ring (bicyclic) bond motifs is 1. The van der Waals surface area contributed by atoms with E-state index in [1.54, 1.807) is 7.11 Å². The van der Waals surface area contributed by atoms with Gasteiger partial charge < -0.3 is 14.8 Å². The van der Waals surface area contributed by atoms with Gasteiger partial charge in [-0.25, -0.2) is 4.79 Å². The molecular formula is C25H34N4O4S. The number of ether oxygens (including phenoxy) is 2. The molecule has 2 heterocycles. The van der Waals surface area contributed by atoms with E-state index in [4.69, 9.17) is 9.47 Å². The molecule has 184 valence electrons. The predicted octanol–water partition coefficient (Wildman–Crippen LogP) is 1.91. The topological polar surface area (TPSA) is 85.7 Å². The molecule has 0 spiro atoms. The van der Waals surface area contributed by atoms with E-state index in [9.17, 15) is 9.59 Å².